The van der Waals surface area contributed by atoms with Crippen molar-refractivity contribution in [3.63, 3.8) is 0 Å². The lowest BCUT2D eigenvalue weighted by Gasteiger charge is -2.33. The number of rotatable bonds is 5. The number of ether oxygens (including phenoxy) is 1. The maximum absolute atomic E-state index is 12.7. The SMILES string of the molecule is COc1cccc(-c2cncc([C@H]3CCCN(C(=O)CN4CCCC4)C3)n2)c1. The van der Waals surface area contributed by atoms with Crippen molar-refractivity contribution in [3.8, 4) is 17.0 Å². The van der Waals surface area contributed by atoms with Crippen LogP contribution in [0.2, 0.25) is 0 Å². The first-order valence-electron chi connectivity index (χ1n) is 10.2. The molecule has 3 heterocycles. The molecule has 0 spiro atoms. The van der Waals surface area contributed by atoms with E-state index in [1.807, 2.05) is 35.4 Å². The summed E-state index contributed by atoms with van der Waals surface area (Å²) >= 11 is 0. The van der Waals surface area contributed by atoms with E-state index in [-0.39, 0.29) is 11.8 Å². The highest BCUT2D eigenvalue weighted by Crippen LogP contribution is 2.28. The summed E-state index contributed by atoms with van der Waals surface area (Å²) in [5.74, 6) is 1.30. The van der Waals surface area contributed by atoms with E-state index in [1.165, 1.54) is 12.8 Å². The summed E-state index contributed by atoms with van der Waals surface area (Å²) in [4.78, 5) is 26.3. The predicted octanol–water partition coefficient (Wildman–Crippen LogP) is 2.95. The second-order valence-corrected chi connectivity index (χ2v) is 7.72. The van der Waals surface area contributed by atoms with E-state index in [0.717, 1.165) is 61.7 Å². The Balaban J connectivity index is 1.46. The summed E-state index contributed by atoms with van der Waals surface area (Å²) in [5.41, 5.74) is 2.81. The predicted molar refractivity (Wildman–Crippen MR) is 108 cm³/mol. The minimum Gasteiger partial charge on any atom is -0.497 e. The van der Waals surface area contributed by atoms with Gasteiger partial charge in [0, 0.05) is 30.8 Å². The van der Waals surface area contributed by atoms with Gasteiger partial charge in [-0.15, -0.1) is 0 Å². The van der Waals surface area contributed by atoms with Crippen LogP contribution in [0.3, 0.4) is 0 Å². The molecule has 1 aromatic heterocycles. The van der Waals surface area contributed by atoms with Gasteiger partial charge in [-0.05, 0) is 50.9 Å². The number of aromatic nitrogens is 2. The molecule has 4 rings (SSSR count). The molecule has 1 atom stereocenters. The van der Waals surface area contributed by atoms with Crippen LogP contribution in [0.5, 0.6) is 5.75 Å². The molecule has 2 aliphatic heterocycles. The molecule has 0 N–H and O–H groups in total. The van der Waals surface area contributed by atoms with Crippen LogP contribution >= 0.6 is 0 Å². The maximum Gasteiger partial charge on any atom is 0.236 e. The molecule has 148 valence electrons. The molecule has 2 aliphatic rings. The van der Waals surface area contributed by atoms with Crippen LogP contribution in [-0.4, -0.2) is 65.5 Å². The zero-order chi connectivity index (χ0) is 19.3. The first-order chi connectivity index (χ1) is 13.7. The van der Waals surface area contributed by atoms with Gasteiger partial charge in [-0.3, -0.25) is 14.7 Å². The third kappa shape index (κ3) is 4.33. The van der Waals surface area contributed by atoms with E-state index in [0.29, 0.717) is 6.54 Å². The van der Waals surface area contributed by atoms with Gasteiger partial charge >= 0.3 is 0 Å². The van der Waals surface area contributed by atoms with Gasteiger partial charge in [-0.2, -0.15) is 0 Å². The molecule has 6 heteroatoms. The minimum absolute atomic E-state index is 0.245. The van der Waals surface area contributed by atoms with E-state index < -0.39 is 0 Å². The van der Waals surface area contributed by atoms with Crippen LogP contribution < -0.4 is 4.74 Å². The van der Waals surface area contributed by atoms with Gasteiger partial charge in [-0.1, -0.05) is 12.1 Å². The molecule has 0 saturated carbocycles. The number of carbonyl (C=O) groups is 1. The largest absolute Gasteiger partial charge is 0.497 e. The van der Waals surface area contributed by atoms with E-state index >= 15 is 0 Å². The summed E-state index contributed by atoms with van der Waals surface area (Å²) in [6.45, 7) is 4.26. The number of carbonyl (C=O) groups excluding carboxylic acids is 1. The molecule has 1 aromatic carbocycles. The van der Waals surface area contributed by atoms with E-state index in [4.69, 9.17) is 9.72 Å². The van der Waals surface area contributed by atoms with Gasteiger partial charge in [0.1, 0.15) is 5.75 Å². The summed E-state index contributed by atoms with van der Waals surface area (Å²) in [7, 11) is 1.66. The first-order valence-corrected chi connectivity index (χ1v) is 10.2. The summed E-state index contributed by atoms with van der Waals surface area (Å²) < 4.78 is 5.32. The lowest BCUT2D eigenvalue weighted by Crippen LogP contribution is -2.44. The van der Waals surface area contributed by atoms with Crippen molar-refractivity contribution in [2.45, 2.75) is 31.6 Å². The van der Waals surface area contributed by atoms with Crippen molar-refractivity contribution in [1.29, 1.82) is 0 Å². The van der Waals surface area contributed by atoms with Crippen LogP contribution in [-0.2, 0) is 4.79 Å². The average molecular weight is 380 g/mol. The molecule has 0 bridgehead atoms. The number of nitrogens with zero attached hydrogens (tertiary/aromatic N) is 4. The zero-order valence-electron chi connectivity index (χ0n) is 16.5. The highest BCUT2D eigenvalue weighted by atomic mass is 16.5. The fraction of sp³-hybridized carbons (Fsp3) is 0.500. The number of benzene rings is 1. The monoisotopic (exact) mass is 380 g/mol. The Morgan fingerprint density at radius 3 is 2.86 bits per heavy atom. The van der Waals surface area contributed by atoms with Gasteiger partial charge in [0.05, 0.1) is 31.2 Å². The Bertz CT molecular complexity index is 820. The number of amides is 1. The highest BCUT2D eigenvalue weighted by molar-refractivity contribution is 5.78. The molecule has 28 heavy (non-hydrogen) atoms. The fourth-order valence-electron chi connectivity index (χ4n) is 4.18. The third-order valence-corrected chi connectivity index (χ3v) is 5.77. The Labute approximate surface area is 166 Å². The zero-order valence-corrected chi connectivity index (χ0v) is 16.5. The van der Waals surface area contributed by atoms with Crippen molar-refractivity contribution >= 4 is 5.91 Å². The normalized spacial score (nSPS) is 20.3. The maximum atomic E-state index is 12.7. The molecule has 2 saturated heterocycles. The van der Waals surface area contributed by atoms with Gasteiger partial charge in [0.15, 0.2) is 0 Å². The molecular formula is C22H28N4O2. The number of likely N-dealkylation sites (tertiary alicyclic amines) is 2. The highest BCUT2D eigenvalue weighted by Gasteiger charge is 2.27. The second kappa shape index (κ2) is 8.69. The second-order valence-electron chi connectivity index (χ2n) is 7.72. The lowest BCUT2D eigenvalue weighted by atomic mass is 9.94. The van der Waals surface area contributed by atoms with Crippen LogP contribution in [0, 0.1) is 0 Å². The molecule has 0 radical (unpaired) electrons. The topological polar surface area (TPSA) is 58.6 Å². The molecular weight excluding hydrogens is 352 g/mol. The summed E-state index contributed by atoms with van der Waals surface area (Å²) in [5, 5.41) is 0. The van der Waals surface area contributed by atoms with Crippen molar-refractivity contribution in [2.75, 3.05) is 39.8 Å². The molecule has 2 aromatic rings. The Hall–Kier alpha value is -2.47. The van der Waals surface area contributed by atoms with E-state index in [2.05, 4.69) is 9.88 Å². The number of hydrogen-bond donors (Lipinski definition) is 0. The quantitative estimate of drug-likeness (QED) is 0.798. The number of hydrogen-bond acceptors (Lipinski definition) is 5. The molecule has 1 amide bonds. The van der Waals surface area contributed by atoms with Crippen LogP contribution in [0.4, 0.5) is 0 Å². The molecule has 2 fully saturated rings. The van der Waals surface area contributed by atoms with Gasteiger partial charge in [0.25, 0.3) is 0 Å². The van der Waals surface area contributed by atoms with E-state index in [9.17, 15) is 4.79 Å². The van der Waals surface area contributed by atoms with Crippen LogP contribution in [0.15, 0.2) is 36.7 Å². The van der Waals surface area contributed by atoms with Crippen LogP contribution in [0.1, 0.15) is 37.3 Å². The van der Waals surface area contributed by atoms with Crippen molar-refractivity contribution in [1.82, 2.24) is 19.8 Å². The lowest BCUT2D eigenvalue weighted by molar-refractivity contribution is -0.133. The average Bonchev–Trinajstić information content (AvgIpc) is 3.27. The molecule has 0 unspecified atom stereocenters. The molecule has 0 aliphatic carbocycles. The van der Waals surface area contributed by atoms with Gasteiger partial charge in [0.2, 0.25) is 5.91 Å². The third-order valence-electron chi connectivity index (χ3n) is 5.77. The van der Waals surface area contributed by atoms with Crippen LogP contribution in [0.25, 0.3) is 11.3 Å². The Kier molecular flexibility index (Phi) is 5.86. The van der Waals surface area contributed by atoms with Crippen molar-refractivity contribution < 1.29 is 9.53 Å². The van der Waals surface area contributed by atoms with E-state index in [1.54, 1.807) is 13.3 Å². The van der Waals surface area contributed by atoms with Gasteiger partial charge in [-0.25, -0.2) is 4.98 Å². The summed E-state index contributed by atoms with van der Waals surface area (Å²) in [6, 6.07) is 7.87. The number of piperidine rings is 1. The molecule has 6 nitrogen and oxygen atoms in total. The summed E-state index contributed by atoms with van der Waals surface area (Å²) in [6.07, 6.45) is 8.12. The van der Waals surface area contributed by atoms with Gasteiger partial charge < -0.3 is 9.64 Å². The smallest absolute Gasteiger partial charge is 0.236 e. The fourth-order valence-corrected chi connectivity index (χ4v) is 4.18. The Morgan fingerprint density at radius 1 is 1.18 bits per heavy atom. The van der Waals surface area contributed by atoms with Crippen molar-refractivity contribution in [2.24, 2.45) is 0 Å². The first kappa shape index (κ1) is 18.9. The standard InChI is InChI=1S/C22H28N4O2/c1-28-19-8-4-6-17(12-19)20-13-23-14-21(24-20)18-7-5-11-26(15-18)22(27)16-25-9-2-3-10-25/h4,6,8,12-14,18H,2-3,5,7,9-11,15-16H2,1H3/t18-/m0/s1. The number of methoxy groups -OCH3 is 1. The minimum atomic E-state index is 0.245. The Morgan fingerprint density at radius 2 is 2.04 bits per heavy atom. The van der Waals surface area contributed by atoms with Crippen molar-refractivity contribution in [3.05, 3.63) is 42.4 Å².